The van der Waals surface area contributed by atoms with Gasteiger partial charge in [0, 0.05) is 6.54 Å². The molecule has 0 atom stereocenters. The first-order valence-electron chi connectivity index (χ1n) is 9.04. The van der Waals surface area contributed by atoms with Gasteiger partial charge in [0.05, 0.1) is 24.2 Å². The Morgan fingerprint density at radius 2 is 1.79 bits per heavy atom. The van der Waals surface area contributed by atoms with Gasteiger partial charge in [0.1, 0.15) is 0 Å². The number of likely N-dealkylation sites (tertiary alicyclic amines) is 1. The molecule has 2 aromatic rings. The van der Waals surface area contributed by atoms with Gasteiger partial charge < -0.3 is 9.32 Å². The summed E-state index contributed by atoms with van der Waals surface area (Å²) in [6, 6.07) is 0.352. The van der Waals surface area contributed by atoms with Crippen LogP contribution in [0, 0.1) is 23.3 Å². The molecule has 0 bridgehead atoms. The number of carbonyl (C=O) groups is 2. The van der Waals surface area contributed by atoms with E-state index in [-0.39, 0.29) is 12.1 Å². The molecule has 0 radical (unpaired) electrons. The van der Waals surface area contributed by atoms with Crippen molar-refractivity contribution in [3.05, 3.63) is 40.8 Å². The number of benzene rings is 1. The van der Waals surface area contributed by atoms with Crippen LogP contribution in [0.4, 0.5) is 17.6 Å². The Kier molecular flexibility index (Phi) is 5.03. The monoisotopic (exact) mass is 409 g/mol. The van der Waals surface area contributed by atoms with Crippen LogP contribution < -0.4 is 0 Å². The van der Waals surface area contributed by atoms with Crippen molar-refractivity contribution >= 4 is 17.3 Å². The van der Waals surface area contributed by atoms with E-state index in [2.05, 4.69) is 14.9 Å². The first kappa shape index (κ1) is 19.4. The van der Waals surface area contributed by atoms with Gasteiger partial charge in [-0.2, -0.15) is 0 Å². The zero-order chi connectivity index (χ0) is 20.7. The molecular formula is C19H15F4N3O3. The molecule has 1 aliphatic heterocycles. The fraction of sp³-hybridized carbons (Fsp3) is 0.368. The van der Waals surface area contributed by atoms with Gasteiger partial charge in [0.15, 0.2) is 29.0 Å². The average Bonchev–Trinajstić information content (AvgIpc) is 3.37. The molecule has 2 aliphatic rings. The molecule has 6 nitrogen and oxygen atoms in total. The van der Waals surface area contributed by atoms with E-state index >= 15 is 0 Å². The Balaban J connectivity index is 1.63. The van der Waals surface area contributed by atoms with Gasteiger partial charge in [-0.05, 0) is 32.0 Å². The summed E-state index contributed by atoms with van der Waals surface area (Å²) in [4.78, 5) is 35.0. The van der Waals surface area contributed by atoms with Gasteiger partial charge in [-0.1, -0.05) is 0 Å². The predicted octanol–water partition coefficient (Wildman–Crippen LogP) is 3.20. The van der Waals surface area contributed by atoms with Gasteiger partial charge >= 0.3 is 0 Å². The first-order valence-corrected chi connectivity index (χ1v) is 9.04. The molecule has 0 N–H and O–H groups in total. The molecule has 1 fully saturated rings. The summed E-state index contributed by atoms with van der Waals surface area (Å²) < 4.78 is 59.2. The highest BCUT2D eigenvalue weighted by molar-refractivity contribution is 6.52. The lowest BCUT2D eigenvalue weighted by atomic mass is 9.97. The number of oxazole rings is 1. The minimum absolute atomic E-state index is 0.00140. The second kappa shape index (κ2) is 7.51. The first-order chi connectivity index (χ1) is 13.9. The van der Waals surface area contributed by atoms with Crippen LogP contribution in [-0.4, -0.2) is 53.3 Å². The van der Waals surface area contributed by atoms with Crippen molar-refractivity contribution in [3.8, 4) is 11.5 Å². The van der Waals surface area contributed by atoms with E-state index in [1.165, 1.54) is 0 Å². The molecule has 0 amide bonds. The lowest BCUT2D eigenvalue weighted by molar-refractivity contribution is 0.0940. The lowest BCUT2D eigenvalue weighted by Crippen LogP contribution is -2.28. The third-order valence-corrected chi connectivity index (χ3v) is 4.94. The van der Waals surface area contributed by atoms with E-state index in [4.69, 9.17) is 4.42 Å². The summed E-state index contributed by atoms with van der Waals surface area (Å²) in [5, 5.41) is 0. The van der Waals surface area contributed by atoms with Crippen LogP contribution in [0.1, 0.15) is 40.3 Å². The summed E-state index contributed by atoms with van der Waals surface area (Å²) in [6.45, 7) is 2.91. The normalized spacial score (nSPS) is 18.7. The Morgan fingerprint density at radius 3 is 2.52 bits per heavy atom. The molecule has 4 rings (SSSR count). The molecule has 1 aromatic carbocycles. The zero-order valence-corrected chi connectivity index (χ0v) is 15.1. The SMILES string of the molecule is O=C1C(=NCCN2CCCC2)CC(=O)c2oc(-c3cc(F)c(F)c(F)c3F)nc21. The summed E-state index contributed by atoms with van der Waals surface area (Å²) >= 11 is 0. The minimum Gasteiger partial charge on any atom is -0.432 e. The summed E-state index contributed by atoms with van der Waals surface area (Å²) in [6.07, 6.45) is 1.91. The Morgan fingerprint density at radius 1 is 1.07 bits per heavy atom. The topological polar surface area (TPSA) is 75.8 Å². The molecule has 29 heavy (non-hydrogen) atoms. The second-order valence-corrected chi connectivity index (χ2v) is 6.85. The van der Waals surface area contributed by atoms with Gasteiger partial charge in [-0.3, -0.25) is 14.6 Å². The number of aliphatic imine (C=N–C) groups is 1. The highest BCUT2D eigenvalue weighted by Crippen LogP contribution is 2.31. The van der Waals surface area contributed by atoms with Crippen LogP contribution in [0.5, 0.6) is 0 Å². The van der Waals surface area contributed by atoms with Crippen molar-refractivity contribution in [2.75, 3.05) is 26.2 Å². The number of carbonyl (C=O) groups excluding carboxylic acids is 2. The molecule has 0 saturated carbocycles. The molecular weight excluding hydrogens is 394 g/mol. The second-order valence-electron chi connectivity index (χ2n) is 6.85. The Labute approximate surface area is 162 Å². The van der Waals surface area contributed by atoms with E-state index in [9.17, 15) is 27.2 Å². The molecule has 0 unspecified atom stereocenters. The molecule has 152 valence electrons. The summed E-state index contributed by atoms with van der Waals surface area (Å²) in [5.41, 5.74) is -1.23. The van der Waals surface area contributed by atoms with Crippen LogP contribution in [0.25, 0.3) is 11.5 Å². The maximum Gasteiger partial charge on any atom is 0.230 e. The number of aromatic nitrogens is 1. The molecule has 1 saturated heterocycles. The fourth-order valence-corrected chi connectivity index (χ4v) is 3.42. The van der Waals surface area contributed by atoms with Crippen LogP contribution in [-0.2, 0) is 0 Å². The third-order valence-electron chi connectivity index (χ3n) is 4.94. The zero-order valence-electron chi connectivity index (χ0n) is 15.1. The van der Waals surface area contributed by atoms with Crippen molar-refractivity contribution in [2.24, 2.45) is 4.99 Å². The molecule has 1 aromatic heterocycles. The van der Waals surface area contributed by atoms with Gasteiger partial charge in [-0.15, -0.1) is 0 Å². The average molecular weight is 409 g/mol. The van der Waals surface area contributed by atoms with E-state index in [0.29, 0.717) is 19.2 Å². The van der Waals surface area contributed by atoms with Crippen molar-refractivity contribution < 1.29 is 31.6 Å². The minimum atomic E-state index is -2.04. The number of nitrogens with zero attached hydrogens (tertiary/aromatic N) is 3. The molecule has 10 heteroatoms. The van der Waals surface area contributed by atoms with Crippen LogP contribution in [0.15, 0.2) is 15.5 Å². The van der Waals surface area contributed by atoms with Crippen LogP contribution in [0.2, 0.25) is 0 Å². The molecule has 1 aliphatic carbocycles. The number of hydrogen-bond acceptors (Lipinski definition) is 6. The Hall–Kier alpha value is -2.88. The fourth-order valence-electron chi connectivity index (χ4n) is 3.42. The third kappa shape index (κ3) is 3.48. The van der Waals surface area contributed by atoms with E-state index in [0.717, 1.165) is 25.9 Å². The van der Waals surface area contributed by atoms with E-state index < -0.39 is 57.7 Å². The van der Waals surface area contributed by atoms with Crippen molar-refractivity contribution in [2.45, 2.75) is 19.3 Å². The number of ketones is 2. The number of Topliss-reactive ketones (excluding diaryl/α,β-unsaturated/α-hetero) is 2. The van der Waals surface area contributed by atoms with Crippen molar-refractivity contribution in [3.63, 3.8) is 0 Å². The highest BCUT2D eigenvalue weighted by atomic mass is 19.2. The van der Waals surface area contributed by atoms with E-state index in [1.807, 2.05) is 0 Å². The maximum absolute atomic E-state index is 14.0. The summed E-state index contributed by atoms with van der Waals surface area (Å²) in [7, 11) is 0. The highest BCUT2D eigenvalue weighted by Gasteiger charge is 2.36. The predicted molar refractivity (Wildman–Crippen MR) is 93.0 cm³/mol. The number of hydrogen-bond donors (Lipinski definition) is 0. The van der Waals surface area contributed by atoms with E-state index in [1.54, 1.807) is 0 Å². The Bertz CT molecular complexity index is 1040. The number of rotatable bonds is 4. The van der Waals surface area contributed by atoms with Crippen LogP contribution >= 0.6 is 0 Å². The molecule has 2 heterocycles. The largest absolute Gasteiger partial charge is 0.432 e. The van der Waals surface area contributed by atoms with Gasteiger partial charge in [0.2, 0.25) is 23.2 Å². The summed E-state index contributed by atoms with van der Waals surface area (Å²) in [5.74, 6) is -9.82. The van der Waals surface area contributed by atoms with Gasteiger partial charge in [-0.25, -0.2) is 22.5 Å². The maximum atomic E-state index is 14.0. The number of fused-ring (bicyclic) bond motifs is 1. The van der Waals surface area contributed by atoms with Crippen LogP contribution in [0.3, 0.4) is 0 Å². The lowest BCUT2D eigenvalue weighted by Gasteiger charge is -2.13. The quantitative estimate of drug-likeness (QED) is 0.440. The van der Waals surface area contributed by atoms with Gasteiger partial charge in [0.25, 0.3) is 0 Å². The molecule has 0 spiro atoms. The van der Waals surface area contributed by atoms with Crippen molar-refractivity contribution in [1.29, 1.82) is 0 Å². The smallest absolute Gasteiger partial charge is 0.230 e. The van der Waals surface area contributed by atoms with Crippen molar-refractivity contribution in [1.82, 2.24) is 9.88 Å². The standard InChI is InChI=1S/C19H15F4N3O3/c20-10-7-9(13(21)15(23)14(10)22)19-25-16-17(28)11(8-12(27)18(16)29-19)24-3-6-26-4-1-2-5-26/h7H,1-6,8H2. The number of halogens is 4.